The van der Waals surface area contributed by atoms with E-state index in [2.05, 4.69) is 159 Å². The predicted octanol–water partition coefficient (Wildman–Crippen LogP) is 7.61. The van der Waals surface area contributed by atoms with Crippen molar-refractivity contribution in [2.24, 2.45) is 0 Å². The summed E-state index contributed by atoms with van der Waals surface area (Å²) in [6.07, 6.45) is 4.63. The van der Waals surface area contributed by atoms with E-state index in [4.69, 9.17) is 4.74 Å². The first-order chi connectivity index (χ1) is 22.1. The van der Waals surface area contributed by atoms with Gasteiger partial charge in [-0.15, -0.1) is 9.36 Å². The molecule has 45 heavy (non-hydrogen) atoms. The molecule has 0 aliphatic carbocycles. The number of nitrogens with zero attached hydrogens (tertiary/aromatic N) is 5. The van der Waals surface area contributed by atoms with Gasteiger partial charge < -0.3 is 9.64 Å². The van der Waals surface area contributed by atoms with E-state index >= 15 is 0 Å². The van der Waals surface area contributed by atoms with Crippen LogP contribution in [0, 0.1) is 13.8 Å². The molecular weight excluding hydrogens is 554 g/mol. The van der Waals surface area contributed by atoms with Gasteiger partial charge in [-0.2, -0.15) is 0 Å². The minimum Gasteiger partial charge on any atom is -0.453 e. The summed E-state index contributed by atoms with van der Waals surface area (Å²) in [5.41, 5.74) is 14.9. The first-order valence-corrected chi connectivity index (χ1v) is 15.5. The maximum Gasteiger partial charge on any atom is 0.466 e. The van der Waals surface area contributed by atoms with Crippen LogP contribution in [0.25, 0.3) is 33.6 Å². The van der Waals surface area contributed by atoms with E-state index in [9.17, 15) is 0 Å². The molecule has 6 heteroatoms. The van der Waals surface area contributed by atoms with Crippen LogP contribution in [0.3, 0.4) is 0 Å². The van der Waals surface area contributed by atoms with Gasteiger partial charge in [0.1, 0.15) is 17.1 Å². The van der Waals surface area contributed by atoms with Crippen molar-refractivity contribution in [3.05, 3.63) is 150 Å². The number of para-hydroxylation sites is 2. The van der Waals surface area contributed by atoms with Gasteiger partial charge in [0.2, 0.25) is 11.9 Å². The normalized spacial score (nSPS) is 16.9. The van der Waals surface area contributed by atoms with Crippen LogP contribution in [0.2, 0.25) is 0 Å². The molecule has 0 saturated heterocycles. The zero-order valence-electron chi connectivity index (χ0n) is 24.8. The van der Waals surface area contributed by atoms with Crippen molar-refractivity contribution in [1.29, 1.82) is 0 Å². The fourth-order valence-electron chi connectivity index (χ4n) is 8.46. The molecular formula is C39H27N5O+2. The molecule has 1 unspecified atom stereocenters. The van der Waals surface area contributed by atoms with Gasteiger partial charge in [0, 0.05) is 13.0 Å². The molecule has 0 amide bonds. The van der Waals surface area contributed by atoms with E-state index < -0.39 is 5.66 Å². The van der Waals surface area contributed by atoms with Crippen LogP contribution in [0.4, 0.5) is 17.1 Å². The lowest BCUT2D eigenvalue weighted by atomic mass is 9.82. The van der Waals surface area contributed by atoms with Crippen molar-refractivity contribution < 1.29 is 14.1 Å². The molecule has 0 saturated carbocycles. The quantitative estimate of drug-likeness (QED) is 0.197. The van der Waals surface area contributed by atoms with E-state index in [1.807, 2.05) is 6.07 Å². The Balaban J connectivity index is 1.22. The topological polar surface area (TPSA) is 30.1 Å². The Morgan fingerprint density at radius 2 is 1.31 bits per heavy atom. The van der Waals surface area contributed by atoms with E-state index in [1.54, 1.807) is 0 Å². The van der Waals surface area contributed by atoms with Gasteiger partial charge in [0.05, 0.1) is 28.8 Å². The summed E-state index contributed by atoms with van der Waals surface area (Å²) in [6, 6.07) is 41.3. The second-order valence-corrected chi connectivity index (χ2v) is 12.5. The van der Waals surface area contributed by atoms with Crippen molar-refractivity contribution in [2.75, 3.05) is 4.90 Å². The number of fused-ring (bicyclic) bond motifs is 7. The Bertz CT molecular complexity index is 2440. The highest BCUT2D eigenvalue weighted by Gasteiger charge is 2.74. The van der Waals surface area contributed by atoms with Gasteiger partial charge in [-0.05, 0) is 69.4 Å². The summed E-state index contributed by atoms with van der Waals surface area (Å²) in [5, 5.41) is 0. The van der Waals surface area contributed by atoms with E-state index in [0.29, 0.717) is 0 Å². The molecule has 4 aliphatic heterocycles. The Hall–Kier alpha value is -5.88. The zero-order chi connectivity index (χ0) is 29.6. The minimum atomic E-state index is -0.626. The maximum atomic E-state index is 6.65. The van der Waals surface area contributed by atoms with Crippen LogP contribution >= 0.6 is 0 Å². The lowest BCUT2D eigenvalue weighted by Gasteiger charge is -2.38. The third-order valence-corrected chi connectivity index (χ3v) is 10.1. The van der Waals surface area contributed by atoms with Crippen LogP contribution < -0.4 is 19.0 Å². The average Bonchev–Trinajstić information content (AvgIpc) is 3.81. The summed E-state index contributed by atoms with van der Waals surface area (Å²) in [4.78, 5) is 2.43. The van der Waals surface area contributed by atoms with Crippen LogP contribution in [-0.2, 0) is 5.66 Å². The van der Waals surface area contributed by atoms with Crippen LogP contribution in [0.15, 0.2) is 128 Å². The zero-order valence-corrected chi connectivity index (χ0v) is 24.8. The van der Waals surface area contributed by atoms with Crippen molar-refractivity contribution >= 4 is 17.1 Å². The molecule has 0 N–H and O–H groups in total. The first kappa shape index (κ1) is 23.6. The molecule has 7 aromatic rings. The number of benzene rings is 5. The van der Waals surface area contributed by atoms with Gasteiger partial charge in [-0.3, -0.25) is 0 Å². The van der Waals surface area contributed by atoms with Crippen molar-refractivity contribution in [2.45, 2.75) is 19.5 Å². The summed E-state index contributed by atoms with van der Waals surface area (Å²) < 4.78 is 16.4. The van der Waals surface area contributed by atoms with Crippen molar-refractivity contribution in [3.8, 4) is 45.1 Å². The lowest BCUT2D eigenvalue weighted by molar-refractivity contribution is -1.02. The molecule has 1 atom stereocenters. The monoisotopic (exact) mass is 581 g/mol. The van der Waals surface area contributed by atoms with E-state index in [-0.39, 0.29) is 0 Å². The standard InChI is InChI=1S/C39H27N5O/c1-24-21-25(2)44-39-36-31(40-22-29(23-41(39)40)28-17-15-27(16-18-28)26-9-4-3-5-10-26)12-8-13-32(36)42-30-11-6-7-14-34(30)45-35-20-19-33(43(24)44)37(39)38(35)42/h3-23H,1-2H3/q+2. The number of rotatable bonds is 2. The second kappa shape index (κ2) is 7.79. The van der Waals surface area contributed by atoms with E-state index in [0.717, 1.165) is 22.9 Å². The summed E-state index contributed by atoms with van der Waals surface area (Å²) in [5.74, 6) is 1.76. The molecule has 212 valence electrons. The number of anilines is 3. The molecule has 11 rings (SSSR count). The SMILES string of the molecule is Cc1cc(C)[n+]2n1-c1ccc3c4c1C21c2c(cccc2-n2cc(-c5ccc(-c6ccccc6)cc5)c[n+]21)N4c1ccccc1O3. The smallest absolute Gasteiger partial charge is 0.453 e. The minimum absolute atomic E-state index is 0.626. The van der Waals surface area contributed by atoms with Gasteiger partial charge in [0.15, 0.2) is 22.6 Å². The Labute approximate surface area is 259 Å². The fourth-order valence-corrected chi connectivity index (χ4v) is 8.46. The number of hydrogen-bond acceptors (Lipinski definition) is 2. The van der Waals surface area contributed by atoms with Gasteiger partial charge in [-0.25, -0.2) is 0 Å². The average molecular weight is 582 g/mol. The molecule has 4 aliphatic rings. The predicted molar refractivity (Wildman–Crippen MR) is 172 cm³/mol. The number of ether oxygens (including phenoxy) is 1. The fraction of sp³-hybridized carbons (Fsp3) is 0.0769. The molecule has 6 heterocycles. The van der Waals surface area contributed by atoms with E-state index in [1.165, 1.54) is 61.8 Å². The van der Waals surface area contributed by atoms with Crippen molar-refractivity contribution in [3.63, 3.8) is 0 Å². The Morgan fingerprint density at radius 1 is 0.600 bits per heavy atom. The Morgan fingerprint density at radius 3 is 2.16 bits per heavy atom. The summed E-state index contributed by atoms with van der Waals surface area (Å²) in [7, 11) is 0. The molecule has 0 bridgehead atoms. The molecule has 6 nitrogen and oxygen atoms in total. The molecule has 1 spiro atoms. The van der Waals surface area contributed by atoms with Crippen LogP contribution in [0.5, 0.6) is 11.5 Å². The summed E-state index contributed by atoms with van der Waals surface area (Å²) in [6.45, 7) is 4.44. The second-order valence-electron chi connectivity index (χ2n) is 12.5. The molecule has 2 aromatic heterocycles. The van der Waals surface area contributed by atoms with Crippen LogP contribution in [0.1, 0.15) is 22.5 Å². The first-order valence-electron chi connectivity index (χ1n) is 15.5. The summed E-state index contributed by atoms with van der Waals surface area (Å²) >= 11 is 0. The highest BCUT2D eigenvalue weighted by atomic mass is 16.5. The number of aryl methyl sites for hydroxylation is 2. The molecule has 0 fully saturated rings. The van der Waals surface area contributed by atoms with Gasteiger partial charge >= 0.3 is 5.66 Å². The lowest BCUT2D eigenvalue weighted by Crippen LogP contribution is -2.75. The highest BCUT2D eigenvalue weighted by Crippen LogP contribution is 2.62. The Kier molecular flexibility index (Phi) is 4.08. The van der Waals surface area contributed by atoms with Gasteiger partial charge in [0.25, 0.3) is 0 Å². The number of aromatic nitrogens is 4. The maximum absolute atomic E-state index is 6.65. The highest BCUT2D eigenvalue weighted by molar-refractivity contribution is 5.95. The third kappa shape index (κ3) is 2.61. The largest absolute Gasteiger partial charge is 0.466 e. The van der Waals surface area contributed by atoms with Gasteiger partial charge in [-0.1, -0.05) is 72.8 Å². The number of hydrogen-bond donors (Lipinski definition) is 0. The molecule has 0 radical (unpaired) electrons. The molecule has 5 aromatic carbocycles. The van der Waals surface area contributed by atoms with Crippen LogP contribution in [-0.4, -0.2) is 9.36 Å². The van der Waals surface area contributed by atoms with Crippen molar-refractivity contribution in [1.82, 2.24) is 9.36 Å². The third-order valence-electron chi connectivity index (χ3n) is 10.1.